The molecule has 0 aromatic rings. The monoisotopic (exact) mass is 246 g/mol. The lowest BCUT2D eigenvalue weighted by Gasteiger charge is -2.10. The van der Waals surface area contributed by atoms with Gasteiger partial charge in [0.2, 0.25) is 0 Å². The molecule has 0 rings (SSSR count). The third kappa shape index (κ3) is 8.68. The van der Waals surface area contributed by atoms with Gasteiger partial charge in [-0.3, -0.25) is 4.79 Å². The summed E-state index contributed by atoms with van der Waals surface area (Å²) in [6.45, 7) is 4.55. The molecule has 0 aliphatic carbocycles. The van der Waals surface area contributed by atoms with Gasteiger partial charge in [-0.25, -0.2) is 4.79 Å². The molecular weight excluding hydrogens is 224 g/mol. The molecule has 0 saturated heterocycles. The summed E-state index contributed by atoms with van der Waals surface area (Å²) in [6.07, 6.45) is 1.61. The Morgan fingerprint density at radius 1 is 1.06 bits per heavy atom. The highest BCUT2D eigenvalue weighted by Crippen LogP contribution is 2.00. The van der Waals surface area contributed by atoms with Crippen LogP contribution in [0.2, 0.25) is 0 Å². The number of rotatable bonds is 9. The number of hydrogen-bond acceptors (Lipinski definition) is 5. The molecule has 5 heteroatoms. The van der Waals surface area contributed by atoms with E-state index < -0.39 is 18.0 Å². The first-order valence-corrected chi connectivity index (χ1v) is 6.12. The highest BCUT2D eigenvalue weighted by molar-refractivity contribution is 5.81. The molecule has 17 heavy (non-hydrogen) atoms. The van der Waals surface area contributed by atoms with Crippen molar-refractivity contribution in [1.82, 2.24) is 0 Å². The van der Waals surface area contributed by atoms with E-state index in [9.17, 15) is 14.7 Å². The largest absolute Gasteiger partial charge is 0.466 e. The van der Waals surface area contributed by atoms with E-state index in [1.54, 1.807) is 0 Å². The van der Waals surface area contributed by atoms with E-state index >= 15 is 0 Å². The first-order chi connectivity index (χ1) is 8.11. The summed E-state index contributed by atoms with van der Waals surface area (Å²) in [4.78, 5) is 22.4. The number of ether oxygens (including phenoxy) is 2. The van der Waals surface area contributed by atoms with Crippen LogP contribution in [0.15, 0.2) is 0 Å². The standard InChI is InChI=1S/C12H22O5/c1-3-5-7-16-11(14)9-10(13)12(15)17-8-6-4-2/h10,13H,3-9H2,1-2H3/t10-/m0/s1. The van der Waals surface area contributed by atoms with Crippen LogP contribution in [-0.4, -0.2) is 36.4 Å². The van der Waals surface area contributed by atoms with Crippen LogP contribution >= 0.6 is 0 Å². The molecule has 1 N–H and O–H groups in total. The van der Waals surface area contributed by atoms with E-state index in [-0.39, 0.29) is 13.0 Å². The van der Waals surface area contributed by atoms with Crippen molar-refractivity contribution in [2.75, 3.05) is 13.2 Å². The van der Waals surface area contributed by atoms with Gasteiger partial charge in [0.05, 0.1) is 19.6 Å². The molecule has 0 aliphatic rings. The van der Waals surface area contributed by atoms with E-state index in [2.05, 4.69) is 0 Å². The fourth-order valence-electron chi connectivity index (χ4n) is 1.04. The molecular formula is C12H22O5. The summed E-state index contributed by atoms with van der Waals surface area (Å²) >= 11 is 0. The van der Waals surface area contributed by atoms with Crippen LogP contribution in [0, 0.1) is 0 Å². The predicted molar refractivity (Wildman–Crippen MR) is 62.4 cm³/mol. The first kappa shape index (κ1) is 15.9. The molecule has 0 aromatic heterocycles. The van der Waals surface area contributed by atoms with Crippen molar-refractivity contribution < 1.29 is 24.2 Å². The molecule has 0 fully saturated rings. The summed E-state index contributed by atoms with van der Waals surface area (Å²) in [5.74, 6) is -1.33. The fourth-order valence-corrected chi connectivity index (χ4v) is 1.04. The Bertz CT molecular complexity index is 227. The summed E-state index contributed by atoms with van der Waals surface area (Å²) in [7, 11) is 0. The van der Waals surface area contributed by atoms with Gasteiger partial charge in [-0.15, -0.1) is 0 Å². The second kappa shape index (κ2) is 10.1. The quantitative estimate of drug-likeness (QED) is 0.492. The Labute approximate surface area is 102 Å². The molecule has 0 aliphatic heterocycles. The molecule has 0 amide bonds. The van der Waals surface area contributed by atoms with Gasteiger partial charge in [0.15, 0.2) is 6.10 Å². The zero-order valence-electron chi connectivity index (χ0n) is 10.6. The van der Waals surface area contributed by atoms with E-state index in [4.69, 9.17) is 9.47 Å². The van der Waals surface area contributed by atoms with Crippen LogP contribution in [0.3, 0.4) is 0 Å². The maximum absolute atomic E-state index is 11.2. The number of hydrogen-bond donors (Lipinski definition) is 1. The third-order valence-electron chi connectivity index (χ3n) is 2.14. The first-order valence-electron chi connectivity index (χ1n) is 6.12. The second-order valence-electron chi connectivity index (χ2n) is 3.81. The Morgan fingerprint density at radius 3 is 2.12 bits per heavy atom. The van der Waals surface area contributed by atoms with Gasteiger partial charge in [-0.2, -0.15) is 0 Å². The van der Waals surface area contributed by atoms with Crippen molar-refractivity contribution in [3.8, 4) is 0 Å². The zero-order valence-corrected chi connectivity index (χ0v) is 10.6. The average Bonchev–Trinajstić information content (AvgIpc) is 2.29. The number of carbonyl (C=O) groups is 2. The Hall–Kier alpha value is -1.10. The molecule has 5 nitrogen and oxygen atoms in total. The van der Waals surface area contributed by atoms with Crippen LogP contribution in [0.25, 0.3) is 0 Å². The minimum atomic E-state index is -1.42. The molecule has 0 saturated carbocycles. The topological polar surface area (TPSA) is 72.8 Å². The van der Waals surface area contributed by atoms with E-state index in [1.165, 1.54) is 0 Å². The third-order valence-corrected chi connectivity index (χ3v) is 2.14. The number of aliphatic hydroxyl groups is 1. The van der Waals surface area contributed by atoms with E-state index in [1.807, 2.05) is 13.8 Å². The molecule has 0 aromatic carbocycles. The van der Waals surface area contributed by atoms with Crippen molar-refractivity contribution in [2.24, 2.45) is 0 Å². The molecule has 0 spiro atoms. The van der Waals surface area contributed by atoms with Crippen LogP contribution < -0.4 is 0 Å². The number of unbranched alkanes of at least 4 members (excludes halogenated alkanes) is 2. The van der Waals surface area contributed by atoms with Gasteiger partial charge < -0.3 is 14.6 Å². The minimum absolute atomic E-state index is 0.275. The molecule has 0 radical (unpaired) electrons. The average molecular weight is 246 g/mol. The van der Waals surface area contributed by atoms with Crippen molar-refractivity contribution in [1.29, 1.82) is 0 Å². The summed E-state index contributed by atoms with van der Waals surface area (Å²) in [5.41, 5.74) is 0. The summed E-state index contributed by atoms with van der Waals surface area (Å²) < 4.78 is 9.60. The lowest BCUT2D eigenvalue weighted by Crippen LogP contribution is -2.27. The van der Waals surface area contributed by atoms with Gasteiger partial charge in [0.1, 0.15) is 0 Å². The Morgan fingerprint density at radius 2 is 1.59 bits per heavy atom. The Kier molecular flexibility index (Phi) is 9.43. The SMILES string of the molecule is CCCCOC(=O)C[C@H](O)C(=O)OCCCC. The Balaban J connectivity index is 3.71. The highest BCUT2D eigenvalue weighted by atomic mass is 16.6. The van der Waals surface area contributed by atoms with Crippen molar-refractivity contribution in [3.63, 3.8) is 0 Å². The number of carbonyl (C=O) groups excluding carboxylic acids is 2. The van der Waals surface area contributed by atoms with Crippen LogP contribution in [-0.2, 0) is 19.1 Å². The van der Waals surface area contributed by atoms with E-state index in [0.717, 1.165) is 25.7 Å². The summed E-state index contributed by atoms with van der Waals surface area (Å²) in [6, 6.07) is 0. The molecule has 0 bridgehead atoms. The predicted octanol–water partition coefficient (Wildman–Crippen LogP) is 1.42. The number of esters is 2. The molecule has 1 atom stereocenters. The fraction of sp³-hybridized carbons (Fsp3) is 0.833. The molecule has 100 valence electrons. The van der Waals surface area contributed by atoms with Gasteiger partial charge in [-0.05, 0) is 12.8 Å². The lowest BCUT2D eigenvalue weighted by molar-refractivity contribution is -0.160. The minimum Gasteiger partial charge on any atom is -0.466 e. The van der Waals surface area contributed by atoms with Gasteiger partial charge >= 0.3 is 11.9 Å². The second-order valence-corrected chi connectivity index (χ2v) is 3.81. The van der Waals surface area contributed by atoms with Gasteiger partial charge in [0, 0.05) is 0 Å². The van der Waals surface area contributed by atoms with Crippen molar-refractivity contribution in [3.05, 3.63) is 0 Å². The lowest BCUT2D eigenvalue weighted by atomic mass is 10.2. The molecule has 0 unspecified atom stereocenters. The van der Waals surface area contributed by atoms with Crippen LogP contribution in [0.5, 0.6) is 0 Å². The van der Waals surface area contributed by atoms with E-state index in [0.29, 0.717) is 6.61 Å². The zero-order chi connectivity index (χ0) is 13.1. The smallest absolute Gasteiger partial charge is 0.335 e. The van der Waals surface area contributed by atoms with Gasteiger partial charge in [-0.1, -0.05) is 26.7 Å². The maximum Gasteiger partial charge on any atom is 0.335 e. The van der Waals surface area contributed by atoms with Crippen molar-refractivity contribution >= 4 is 11.9 Å². The number of aliphatic hydroxyl groups excluding tert-OH is 1. The van der Waals surface area contributed by atoms with Crippen molar-refractivity contribution in [2.45, 2.75) is 52.1 Å². The summed E-state index contributed by atoms with van der Waals surface area (Å²) in [5, 5.41) is 9.37. The highest BCUT2D eigenvalue weighted by Gasteiger charge is 2.21. The maximum atomic E-state index is 11.2. The van der Waals surface area contributed by atoms with Crippen LogP contribution in [0.4, 0.5) is 0 Å². The van der Waals surface area contributed by atoms with Crippen LogP contribution in [0.1, 0.15) is 46.0 Å². The normalized spacial score (nSPS) is 11.9. The van der Waals surface area contributed by atoms with Gasteiger partial charge in [0.25, 0.3) is 0 Å². The molecule has 0 heterocycles.